The normalized spacial score (nSPS) is 24.7. The summed E-state index contributed by atoms with van der Waals surface area (Å²) in [5.41, 5.74) is 5.88. The molecule has 3 heterocycles. The number of amides is 1. The van der Waals surface area contributed by atoms with E-state index in [1.165, 1.54) is 24.2 Å². The van der Waals surface area contributed by atoms with Gasteiger partial charge in [0.15, 0.2) is 0 Å². The van der Waals surface area contributed by atoms with Crippen molar-refractivity contribution < 1.29 is 4.79 Å². The Kier molecular flexibility index (Phi) is 4.60. The highest BCUT2D eigenvalue weighted by Crippen LogP contribution is 2.41. The first-order valence-electron chi connectivity index (χ1n) is 7.85. The van der Waals surface area contributed by atoms with E-state index in [2.05, 4.69) is 32.8 Å². The molecule has 122 valence electrons. The Bertz CT molecular complexity index is 527. The quantitative estimate of drug-likeness (QED) is 0.713. The summed E-state index contributed by atoms with van der Waals surface area (Å²) in [6.45, 7) is 3.76. The van der Waals surface area contributed by atoms with Crippen molar-refractivity contribution in [2.45, 2.75) is 31.7 Å². The number of carbonyl (C=O) groups excluding carboxylic acids is 1. The van der Waals surface area contributed by atoms with Gasteiger partial charge in [-0.3, -0.25) is 9.69 Å². The molecule has 22 heavy (non-hydrogen) atoms. The van der Waals surface area contributed by atoms with E-state index in [1.54, 1.807) is 0 Å². The molecule has 1 unspecified atom stereocenters. The number of rotatable bonds is 4. The van der Waals surface area contributed by atoms with Gasteiger partial charge >= 0.3 is 0 Å². The highest BCUT2D eigenvalue weighted by Gasteiger charge is 2.45. The minimum atomic E-state index is -0.00223. The van der Waals surface area contributed by atoms with Gasteiger partial charge in [0.05, 0.1) is 6.04 Å². The van der Waals surface area contributed by atoms with Crippen LogP contribution in [0.5, 0.6) is 0 Å². The molecular weight excluding hydrogens is 300 g/mol. The van der Waals surface area contributed by atoms with Crippen LogP contribution in [0.4, 0.5) is 5.13 Å². The van der Waals surface area contributed by atoms with Gasteiger partial charge in [0, 0.05) is 19.5 Å². The van der Waals surface area contributed by atoms with Crippen LogP contribution in [0.1, 0.15) is 24.3 Å². The Morgan fingerprint density at radius 1 is 1.50 bits per heavy atom. The third kappa shape index (κ3) is 3.39. The molecule has 7 nitrogen and oxygen atoms in total. The van der Waals surface area contributed by atoms with Crippen molar-refractivity contribution >= 4 is 22.4 Å². The van der Waals surface area contributed by atoms with Gasteiger partial charge in [0.2, 0.25) is 11.0 Å². The summed E-state index contributed by atoms with van der Waals surface area (Å²) in [6, 6.07) is -0.00223. The van der Waals surface area contributed by atoms with Gasteiger partial charge in [0.25, 0.3) is 0 Å². The van der Waals surface area contributed by atoms with E-state index in [0.717, 1.165) is 31.1 Å². The standard InChI is InChI=1S/C14H24N6OS/c1-20-9-14(3-6-16-7-4-14)8-10(20)12(21)17-5-2-11-18-19-13(15)22-11/h10,16H,2-9H2,1H3,(H2,15,19)(H,17,21). The Balaban J connectivity index is 1.49. The zero-order valence-corrected chi connectivity index (χ0v) is 13.8. The molecule has 1 aromatic rings. The van der Waals surface area contributed by atoms with Gasteiger partial charge < -0.3 is 16.4 Å². The number of piperidine rings is 1. The lowest BCUT2D eigenvalue weighted by Gasteiger charge is -2.33. The van der Waals surface area contributed by atoms with E-state index in [0.29, 0.717) is 23.5 Å². The molecule has 2 aliphatic rings. The lowest BCUT2D eigenvalue weighted by atomic mass is 9.77. The van der Waals surface area contributed by atoms with Crippen LogP contribution in [0, 0.1) is 5.41 Å². The lowest BCUT2D eigenvalue weighted by molar-refractivity contribution is -0.125. The molecule has 0 radical (unpaired) electrons. The molecule has 0 saturated carbocycles. The first kappa shape index (κ1) is 15.6. The molecule has 2 saturated heterocycles. The number of hydrogen-bond donors (Lipinski definition) is 3. The third-order valence-corrected chi connectivity index (χ3v) is 5.64. The van der Waals surface area contributed by atoms with Crippen molar-refractivity contribution in [2.24, 2.45) is 5.41 Å². The van der Waals surface area contributed by atoms with Gasteiger partial charge in [-0.1, -0.05) is 11.3 Å². The average Bonchev–Trinajstić information content (AvgIpc) is 3.04. The van der Waals surface area contributed by atoms with Crippen molar-refractivity contribution in [2.75, 3.05) is 39.0 Å². The van der Waals surface area contributed by atoms with Gasteiger partial charge in [0.1, 0.15) is 5.01 Å². The second-order valence-corrected chi connectivity index (χ2v) is 7.55. The molecule has 0 aromatic carbocycles. The Morgan fingerprint density at radius 2 is 2.27 bits per heavy atom. The number of aromatic nitrogens is 2. The van der Waals surface area contributed by atoms with E-state index >= 15 is 0 Å². The summed E-state index contributed by atoms with van der Waals surface area (Å²) < 4.78 is 0. The molecule has 3 rings (SSSR count). The second-order valence-electron chi connectivity index (χ2n) is 6.46. The molecule has 2 aliphatic heterocycles. The van der Waals surface area contributed by atoms with Crippen LogP contribution in [0.3, 0.4) is 0 Å². The minimum Gasteiger partial charge on any atom is -0.374 e. The first-order chi connectivity index (χ1) is 10.6. The maximum absolute atomic E-state index is 12.5. The molecule has 0 aliphatic carbocycles. The van der Waals surface area contributed by atoms with Crippen molar-refractivity contribution in [3.63, 3.8) is 0 Å². The Hall–Kier alpha value is -1.25. The van der Waals surface area contributed by atoms with Gasteiger partial charge in [-0.25, -0.2) is 0 Å². The van der Waals surface area contributed by atoms with Crippen LogP contribution in [-0.2, 0) is 11.2 Å². The number of nitrogens with one attached hydrogen (secondary N) is 2. The molecule has 4 N–H and O–H groups in total. The van der Waals surface area contributed by atoms with Gasteiger partial charge in [-0.15, -0.1) is 10.2 Å². The van der Waals surface area contributed by atoms with Crippen molar-refractivity contribution in [3.05, 3.63) is 5.01 Å². The predicted molar refractivity (Wildman–Crippen MR) is 86.6 cm³/mol. The number of nitrogen functional groups attached to an aromatic ring is 1. The van der Waals surface area contributed by atoms with Crippen LogP contribution in [0.25, 0.3) is 0 Å². The number of nitrogens with two attached hydrogens (primary N) is 1. The number of likely N-dealkylation sites (N-methyl/N-ethyl adjacent to an activating group) is 1. The Labute approximate surface area is 134 Å². The SMILES string of the molecule is CN1CC2(CCNCC2)CC1C(=O)NCCc1nnc(N)s1. The number of anilines is 1. The fourth-order valence-corrected chi connectivity index (χ4v) is 4.27. The van der Waals surface area contributed by atoms with Crippen LogP contribution in [0.2, 0.25) is 0 Å². The number of carbonyl (C=O) groups is 1. The summed E-state index contributed by atoms with van der Waals surface area (Å²) in [5.74, 6) is 0.135. The van der Waals surface area contributed by atoms with E-state index < -0.39 is 0 Å². The highest BCUT2D eigenvalue weighted by molar-refractivity contribution is 7.15. The molecule has 0 bridgehead atoms. The fourth-order valence-electron chi connectivity index (χ4n) is 3.66. The van der Waals surface area contributed by atoms with Crippen LogP contribution in [0.15, 0.2) is 0 Å². The molecule has 1 atom stereocenters. The zero-order chi connectivity index (χ0) is 15.6. The molecule has 1 amide bonds. The lowest BCUT2D eigenvalue weighted by Crippen LogP contribution is -2.42. The molecule has 2 fully saturated rings. The van der Waals surface area contributed by atoms with Crippen molar-refractivity contribution in [3.8, 4) is 0 Å². The monoisotopic (exact) mass is 324 g/mol. The van der Waals surface area contributed by atoms with E-state index in [4.69, 9.17) is 5.73 Å². The topological polar surface area (TPSA) is 96.2 Å². The molecular formula is C14H24N6OS. The van der Waals surface area contributed by atoms with E-state index in [9.17, 15) is 4.79 Å². The van der Waals surface area contributed by atoms with Crippen LogP contribution >= 0.6 is 11.3 Å². The van der Waals surface area contributed by atoms with E-state index in [-0.39, 0.29) is 11.9 Å². The molecule has 1 spiro atoms. The third-order valence-electron chi connectivity index (χ3n) is 4.83. The number of likely N-dealkylation sites (tertiary alicyclic amines) is 1. The zero-order valence-electron chi connectivity index (χ0n) is 13.0. The highest BCUT2D eigenvalue weighted by atomic mass is 32.1. The summed E-state index contributed by atoms with van der Waals surface area (Å²) in [4.78, 5) is 14.7. The summed E-state index contributed by atoms with van der Waals surface area (Å²) >= 11 is 1.38. The van der Waals surface area contributed by atoms with Crippen LogP contribution < -0.4 is 16.4 Å². The summed E-state index contributed by atoms with van der Waals surface area (Å²) in [5, 5.41) is 15.5. The Morgan fingerprint density at radius 3 is 2.95 bits per heavy atom. The van der Waals surface area contributed by atoms with Gasteiger partial charge in [-0.05, 0) is 44.8 Å². The van der Waals surface area contributed by atoms with Crippen LogP contribution in [-0.4, -0.2) is 60.3 Å². The summed E-state index contributed by atoms with van der Waals surface area (Å²) in [6.07, 6.45) is 4.01. The molecule has 8 heteroatoms. The van der Waals surface area contributed by atoms with Crippen molar-refractivity contribution in [1.82, 2.24) is 25.7 Å². The maximum Gasteiger partial charge on any atom is 0.237 e. The van der Waals surface area contributed by atoms with Gasteiger partial charge in [-0.2, -0.15) is 0 Å². The minimum absolute atomic E-state index is 0.00223. The number of nitrogens with zero attached hydrogens (tertiary/aromatic N) is 3. The van der Waals surface area contributed by atoms with E-state index in [1.807, 2.05) is 0 Å². The fraction of sp³-hybridized carbons (Fsp3) is 0.786. The maximum atomic E-state index is 12.5. The second kappa shape index (κ2) is 6.47. The smallest absolute Gasteiger partial charge is 0.237 e. The largest absolute Gasteiger partial charge is 0.374 e. The van der Waals surface area contributed by atoms with Crippen molar-refractivity contribution in [1.29, 1.82) is 0 Å². The molecule has 1 aromatic heterocycles. The number of hydrogen-bond acceptors (Lipinski definition) is 7. The predicted octanol–water partition coefficient (Wildman–Crippen LogP) is -0.147. The summed E-state index contributed by atoms with van der Waals surface area (Å²) in [7, 11) is 2.06. The first-order valence-corrected chi connectivity index (χ1v) is 8.66. The average molecular weight is 324 g/mol.